The van der Waals surface area contributed by atoms with Crippen molar-refractivity contribution in [2.45, 2.75) is 13.3 Å². The van der Waals surface area contributed by atoms with E-state index in [4.69, 9.17) is 0 Å². The normalized spacial score (nSPS) is 10.9. The van der Waals surface area contributed by atoms with E-state index in [1.807, 2.05) is 11.7 Å². The molecule has 0 aliphatic rings. The number of pyridine rings is 1. The highest BCUT2D eigenvalue weighted by Crippen LogP contribution is 2.24. The second-order valence-electron chi connectivity index (χ2n) is 3.94. The molecular weight excluding hydrogens is 228 g/mol. The smallest absolute Gasteiger partial charge is 0.0818 e. The third-order valence-electron chi connectivity index (χ3n) is 2.86. The summed E-state index contributed by atoms with van der Waals surface area (Å²) in [7, 11) is 0. The third-order valence-corrected chi connectivity index (χ3v) is 3.67. The summed E-state index contributed by atoms with van der Waals surface area (Å²) in [5, 5.41) is 0. The zero-order chi connectivity index (χ0) is 11.7. The van der Waals surface area contributed by atoms with Crippen molar-refractivity contribution in [3.05, 3.63) is 47.6 Å². The van der Waals surface area contributed by atoms with Crippen LogP contribution < -0.4 is 0 Å². The number of aryl methyl sites for hydroxylation is 1. The number of hydrogen-bond donors (Lipinski definition) is 0. The molecule has 0 N–H and O–H groups in total. The second kappa shape index (κ2) is 4.26. The minimum absolute atomic E-state index is 1.01. The average molecular weight is 240 g/mol. The van der Waals surface area contributed by atoms with Crippen molar-refractivity contribution in [1.29, 1.82) is 0 Å². The van der Waals surface area contributed by atoms with Crippen LogP contribution in [0.3, 0.4) is 0 Å². The van der Waals surface area contributed by atoms with Gasteiger partial charge in [0.15, 0.2) is 0 Å². The fourth-order valence-electron chi connectivity index (χ4n) is 1.82. The molecular formula is C14H12N2S. The molecule has 3 aromatic rings. The quantitative estimate of drug-likeness (QED) is 0.678. The molecule has 0 saturated carbocycles. The van der Waals surface area contributed by atoms with E-state index in [-0.39, 0.29) is 0 Å². The molecule has 3 rings (SSSR count). The minimum atomic E-state index is 1.01. The molecule has 1 aromatic carbocycles. The Bertz CT molecular complexity index is 641. The summed E-state index contributed by atoms with van der Waals surface area (Å²) >= 11 is 1.67. The molecule has 0 bridgehead atoms. The number of thiazole rings is 1. The molecule has 2 aromatic heterocycles. The summed E-state index contributed by atoms with van der Waals surface area (Å²) in [5.74, 6) is 0. The first-order chi connectivity index (χ1) is 8.36. The van der Waals surface area contributed by atoms with Crippen LogP contribution in [0.15, 0.2) is 42.0 Å². The Morgan fingerprint density at radius 3 is 2.82 bits per heavy atom. The summed E-state index contributed by atoms with van der Waals surface area (Å²) in [6, 6.07) is 10.5. The molecule has 0 aliphatic heterocycles. The Hall–Kier alpha value is -1.74. The minimum Gasteiger partial charge on any atom is -0.256 e. The van der Waals surface area contributed by atoms with Gasteiger partial charge in [-0.25, -0.2) is 4.98 Å². The fraction of sp³-hybridized carbons (Fsp3) is 0.143. The maximum atomic E-state index is 4.49. The van der Waals surface area contributed by atoms with Crippen molar-refractivity contribution >= 4 is 21.6 Å². The summed E-state index contributed by atoms with van der Waals surface area (Å²) in [5.41, 5.74) is 6.34. The van der Waals surface area contributed by atoms with Gasteiger partial charge in [0.1, 0.15) is 0 Å². The van der Waals surface area contributed by atoms with Gasteiger partial charge in [0.2, 0.25) is 0 Å². The summed E-state index contributed by atoms with van der Waals surface area (Å²) in [4.78, 5) is 8.82. The maximum Gasteiger partial charge on any atom is 0.0818 e. The van der Waals surface area contributed by atoms with Gasteiger partial charge in [-0.15, -0.1) is 11.3 Å². The maximum absolute atomic E-state index is 4.49. The largest absolute Gasteiger partial charge is 0.256 e. The predicted molar refractivity (Wildman–Crippen MR) is 72.2 cm³/mol. The van der Waals surface area contributed by atoms with Crippen LogP contribution in [0.4, 0.5) is 0 Å². The summed E-state index contributed by atoms with van der Waals surface area (Å²) in [6.45, 7) is 2.14. The Morgan fingerprint density at radius 2 is 2.06 bits per heavy atom. The molecule has 2 nitrogen and oxygen atoms in total. The monoisotopic (exact) mass is 240 g/mol. The number of aromatic nitrogens is 2. The molecule has 3 heteroatoms. The first-order valence-electron chi connectivity index (χ1n) is 5.65. The summed E-state index contributed by atoms with van der Waals surface area (Å²) < 4.78 is 1.22. The van der Waals surface area contributed by atoms with Crippen LogP contribution in [0.2, 0.25) is 0 Å². The SMILES string of the molecule is CCc1ccc(-c2ccc3scnc3c2)nc1. The molecule has 0 fully saturated rings. The highest BCUT2D eigenvalue weighted by Gasteiger charge is 2.02. The average Bonchev–Trinajstić information content (AvgIpc) is 2.86. The van der Waals surface area contributed by atoms with Gasteiger partial charge in [-0.05, 0) is 30.2 Å². The molecule has 0 amide bonds. The van der Waals surface area contributed by atoms with E-state index in [1.54, 1.807) is 11.3 Å². The van der Waals surface area contributed by atoms with Crippen LogP contribution in [-0.4, -0.2) is 9.97 Å². The lowest BCUT2D eigenvalue weighted by Gasteiger charge is -2.02. The van der Waals surface area contributed by atoms with Crippen LogP contribution in [0.1, 0.15) is 12.5 Å². The van der Waals surface area contributed by atoms with Crippen molar-refractivity contribution in [3.8, 4) is 11.3 Å². The van der Waals surface area contributed by atoms with Crippen LogP contribution in [0.5, 0.6) is 0 Å². The van der Waals surface area contributed by atoms with E-state index in [9.17, 15) is 0 Å². The van der Waals surface area contributed by atoms with Crippen molar-refractivity contribution in [3.63, 3.8) is 0 Å². The third kappa shape index (κ3) is 1.94. The topological polar surface area (TPSA) is 25.8 Å². The van der Waals surface area contributed by atoms with E-state index in [0.29, 0.717) is 0 Å². The van der Waals surface area contributed by atoms with Crippen LogP contribution in [0.25, 0.3) is 21.5 Å². The second-order valence-corrected chi connectivity index (χ2v) is 4.83. The molecule has 0 aliphatic carbocycles. The molecule has 0 saturated heterocycles. The molecule has 0 unspecified atom stereocenters. The van der Waals surface area contributed by atoms with E-state index < -0.39 is 0 Å². The first-order valence-corrected chi connectivity index (χ1v) is 6.53. The van der Waals surface area contributed by atoms with Crippen molar-refractivity contribution < 1.29 is 0 Å². The van der Waals surface area contributed by atoms with Gasteiger partial charge in [-0.1, -0.05) is 19.1 Å². The van der Waals surface area contributed by atoms with E-state index >= 15 is 0 Å². The predicted octanol–water partition coefficient (Wildman–Crippen LogP) is 3.92. The van der Waals surface area contributed by atoms with E-state index in [1.165, 1.54) is 10.3 Å². The van der Waals surface area contributed by atoms with Crippen molar-refractivity contribution in [1.82, 2.24) is 9.97 Å². The number of nitrogens with zero attached hydrogens (tertiary/aromatic N) is 2. The standard InChI is InChI=1S/C14H12N2S/c1-2-10-3-5-12(15-8-10)11-4-6-14-13(7-11)16-9-17-14/h3-9H,2H2,1H3. The zero-order valence-electron chi connectivity index (χ0n) is 9.55. The van der Waals surface area contributed by atoms with Gasteiger partial charge in [0, 0.05) is 11.8 Å². The highest BCUT2D eigenvalue weighted by molar-refractivity contribution is 7.16. The zero-order valence-corrected chi connectivity index (χ0v) is 10.4. The molecule has 2 heterocycles. The number of fused-ring (bicyclic) bond motifs is 1. The lowest BCUT2D eigenvalue weighted by molar-refractivity contribution is 1.11. The Morgan fingerprint density at radius 1 is 1.12 bits per heavy atom. The Kier molecular flexibility index (Phi) is 2.61. The Labute approximate surface area is 104 Å². The van der Waals surface area contributed by atoms with Crippen molar-refractivity contribution in [2.75, 3.05) is 0 Å². The van der Waals surface area contributed by atoms with Gasteiger partial charge in [-0.3, -0.25) is 4.98 Å². The van der Waals surface area contributed by atoms with Crippen LogP contribution in [-0.2, 0) is 6.42 Å². The number of benzene rings is 1. The first kappa shape index (κ1) is 10.4. The van der Waals surface area contributed by atoms with Gasteiger partial charge < -0.3 is 0 Å². The van der Waals surface area contributed by atoms with Gasteiger partial charge in [0.25, 0.3) is 0 Å². The molecule has 17 heavy (non-hydrogen) atoms. The molecule has 0 atom stereocenters. The summed E-state index contributed by atoms with van der Waals surface area (Å²) in [6.07, 6.45) is 2.97. The van der Waals surface area contributed by atoms with E-state index in [0.717, 1.165) is 23.2 Å². The Balaban J connectivity index is 2.06. The van der Waals surface area contributed by atoms with Gasteiger partial charge in [-0.2, -0.15) is 0 Å². The van der Waals surface area contributed by atoms with Gasteiger partial charge in [0.05, 0.1) is 21.4 Å². The van der Waals surface area contributed by atoms with Crippen molar-refractivity contribution in [2.24, 2.45) is 0 Å². The lowest BCUT2D eigenvalue weighted by Crippen LogP contribution is -1.86. The van der Waals surface area contributed by atoms with Crippen LogP contribution in [0, 0.1) is 0 Å². The molecule has 84 valence electrons. The van der Waals surface area contributed by atoms with Crippen LogP contribution >= 0.6 is 11.3 Å². The van der Waals surface area contributed by atoms with E-state index in [2.05, 4.69) is 47.2 Å². The number of rotatable bonds is 2. The molecule has 0 radical (unpaired) electrons. The highest BCUT2D eigenvalue weighted by atomic mass is 32.1. The lowest BCUT2D eigenvalue weighted by atomic mass is 10.1. The van der Waals surface area contributed by atoms with Gasteiger partial charge >= 0.3 is 0 Å². The number of hydrogen-bond acceptors (Lipinski definition) is 3. The molecule has 0 spiro atoms. The fourth-order valence-corrected chi connectivity index (χ4v) is 2.48.